The number of nitrogens with zero attached hydrogens (tertiary/aromatic N) is 4. The van der Waals surface area contributed by atoms with Crippen molar-refractivity contribution in [3.8, 4) is 5.69 Å². The number of carbonyl (C=O) groups is 3. The molecule has 196 valence electrons. The van der Waals surface area contributed by atoms with Crippen molar-refractivity contribution in [1.82, 2.24) is 9.47 Å². The molecule has 0 aliphatic carbocycles. The van der Waals surface area contributed by atoms with Crippen LogP contribution in [-0.4, -0.2) is 73.5 Å². The molecule has 0 spiro atoms. The molecular formula is C28H29N5O4S. The number of hydrogen-bond acceptors (Lipinski definition) is 7. The predicted octanol–water partition coefficient (Wildman–Crippen LogP) is 4.05. The summed E-state index contributed by atoms with van der Waals surface area (Å²) < 4.78 is 7.33. The Morgan fingerprint density at radius 2 is 1.68 bits per heavy atom. The number of aromatic nitrogens is 1. The zero-order chi connectivity index (χ0) is 26.6. The number of imide groups is 1. The maximum absolute atomic E-state index is 13.0. The third-order valence-electron chi connectivity index (χ3n) is 6.41. The topological polar surface area (TPSA) is 87.1 Å². The first-order valence-corrected chi connectivity index (χ1v) is 13.1. The van der Waals surface area contributed by atoms with Gasteiger partial charge in [-0.25, -0.2) is 0 Å². The Labute approximate surface area is 225 Å². The zero-order valence-corrected chi connectivity index (χ0v) is 22.1. The van der Waals surface area contributed by atoms with Crippen LogP contribution in [0.1, 0.15) is 5.69 Å². The summed E-state index contributed by atoms with van der Waals surface area (Å²) in [6.45, 7) is 2.69. The molecule has 3 aromatic rings. The van der Waals surface area contributed by atoms with Gasteiger partial charge in [0.15, 0.2) is 0 Å². The second-order valence-electron chi connectivity index (χ2n) is 9.18. The molecule has 0 saturated carbocycles. The third-order valence-corrected chi connectivity index (χ3v) is 7.31. The average Bonchev–Trinajstić information content (AvgIpc) is 3.49. The van der Waals surface area contributed by atoms with Crippen molar-refractivity contribution in [2.45, 2.75) is 0 Å². The second kappa shape index (κ2) is 11.2. The number of morpholine rings is 1. The minimum Gasteiger partial charge on any atom is -0.378 e. The highest BCUT2D eigenvalue weighted by atomic mass is 32.2. The fraction of sp³-hybridized carbons (Fsp3) is 0.250. The van der Waals surface area contributed by atoms with Gasteiger partial charge in [-0.2, -0.15) is 0 Å². The standard InChI is InChI=1S/C28H29N5O4S/c1-30(2)21-9-11-23(12-10-21)32-13-3-4-24(32)18-25-27(35)33(28(36)38-25)19-26(34)29-20-5-7-22(8-6-20)31-14-16-37-17-15-31/h3-13,18H,14-17,19H2,1-2H3,(H,29,34)/b25-18-. The van der Waals surface area contributed by atoms with Crippen LogP contribution in [0, 0.1) is 0 Å². The first-order chi connectivity index (χ1) is 18.4. The lowest BCUT2D eigenvalue weighted by atomic mass is 10.2. The summed E-state index contributed by atoms with van der Waals surface area (Å²) in [5.41, 5.74) is 4.44. The van der Waals surface area contributed by atoms with Crippen molar-refractivity contribution in [3.05, 3.63) is 77.5 Å². The van der Waals surface area contributed by atoms with Crippen molar-refractivity contribution in [1.29, 1.82) is 0 Å². The number of rotatable bonds is 7. The van der Waals surface area contributed by atoms with Crippen molar-refractivity contribution in [2.75, 3.05) is 62.1 Å². The smallest absolute Gasteiger partial charge is 0.294 e. The Morgan fingerprint density at radius 3 is 2.37 bits per heavy atom. The van der Waals surface area contributed by atoms with Gasteiger partial charge in [-0.1, -0.05) is 0 Å². The fourth-order valence-corrected chi connectivity index (χ4v) is 5.17. The number of amides is 3. The lowest BCUT2D eigenvalue weighted by molar-refractivity contribution is -0.127. The van der Waals surface area contributed by atoms with Crippen LogP contribution in [0.4, 0.5) is 21.9 Å². The van der Waals surface area contributed by atoms with E-state index in [0.29, 0.717) is 18.9 Å². The fourth-order valence-electron chi connectivity index (χ4n) is 4.35. The molecule has 3 heterocycles. The lowest BCUT2D eigenvalue weighted by Gasteiger charge is -2.28. The summed E-state index contributed by atoms with van der Waals surface area (Å²) in [6.07, 6.45) is 3.59. The molecule has 2 fully saturated rings. The highest BCUT2D eigenvalue weighted by Gasteiger charge is 2.36. The molecule has 2 aliphatic heterocycles. The summed E-state index contributed by atoms with van der Waals surface area (Å²) in [7, 11) is 3.96. The van der Waals surface area contributed by atoms with Crippen molar-refractivity contribution < 1.29 is 19.1 Å². The van der Waals surface area contributed by atoms with Gasteiger partial charge in [-0.15, -0.1) is 0 Å². The van der Waals surface area contributed by atoms with E-state index in [9.17, 15) is 14.4 Å². The quantitative estimate of drug-likeness (QED) is 0.460. The molecule has 0 unspecified atom stereocenters. The van der Waals surface area contributed by atoms with Gasteiger partial charge in [-0.05, 0) is 78.5 Å². The number of thioether (sulfide) groups is 1. The summed E-state index contributed by atoms with van der Waals surface area (Å²) >= 11 is 0.839. The van der Waals surface area contributed by atoms with E-state index < -0.39 is 17.1 Å². The predicted molar refractivity (Wildman–Crippen MR) is 151 cm³/mol. The van der Waals surface area contributed by atoms with E-state index in [-0.39, 0.29) is 11.4 Å². The molecule has 3 amide bonds. The first-order valence-electron chi connectivity index (χ1n) is 12.3. The maximum Gasteiger partial charge on any atom is 0.294 e. The molecule has 1 N–H and O–H groups in total. The number of nitrogens with one attached hydrogen (secondary N) is 1. The van der Waals surface area contributed by atoms with Crippen molar-refractivity contribution >= 4 is 52.0 Å². The molecule has 38 heavy (non-hydrogen) atoms. The number of benzene rings is 2. The van der Waals surface area contributed by atoms with E-state index >= 15 is 0 Å². The molecular weight excluding hydrogens is 502 g/mol. The molecule has 2 aromatic carbocycles. The third kappa shape index (κ3) is 5.61. The Bertz CT molecular complexity index is 1360. The first kappa shape index (κ1) is 25.6. The lowest BCUT2D eigenvalue weighted by Crippen LogP contribution is -2.36. The zero-order valence-electron chi connectivity index (χ0n) is 21.3. The van der Waals surface area contributed by atoms with Crippen LogP contribution in [0.5, 0.6) is 0 Å². The largest absolute Gasteiger partial charge is 0.378 e. The van der Waals surface area contributed by atoms with E-state index in [2.05, 4.69) is 10.2 Å². The number of anilines is 3. The van der Waals surface area contributed by atoms with Gasteiger partial charge in [0, 0.05) is 61.8 Å². The minimum atomic E-state index is -0.478. The van der Waals surface area contributed by atoms with E-state index in [0.717, 1.165) is 52.5 Å². The molecule has 10 heteroatoms. The van der Waals surface area contributed by atoms with Crippen LogP contribution in [-0.2, 0) is 14.3 Å². The van der Waals surface area contributed by atoms with Crippen LogP contribution in [0.2, 0.25) is 0 Å². The monoisotopic (exact) mass is 531 g/mol. The van der Waals surface area contributed by atoms with E-state index in [1.165, 1.54) is 0 Å². The van der Waals surface area contributed by atoms with Crippen molar-refractivity contribution in [2.24, 2.45) is 0 Å². The molecule has 1 aromatic heterocycles. The van der Waals surface area contributed by atoms with Gasteiger partial charge < -0.3 is 24.4 Å². The summed E-state index contributed by atoms with van der Waals surface area (Å²) in [5.74, 6) is -0.912. The molecule has 0 atom stereocenters. The second-order valence-corrected chi connectivity index (χ2v) is 10.2. The van der Waals surface area contributed by atoms with Crippen LogP contribution in [0.15, 0.2) is 71.8 Å². The van der Waals surface area contributed by atoms with Gasteiger partial charge in [0.25, 0.3) is 11.1 Å². The molecule has 2 aliphatic rings. The molecule has 9 nitrogen and oxygen atoms in total. The number of carbonyl (C=O) groups excluding carboxylic acids is 3. The van der Waals surface area contributed by atoms with E-state index in [1.54, 1.807) is 6.08 Å². The normalized spacial score (nSPS) is 16.8. The van der Waals surface area contributed by atoms with Gasteiger partial charge in [-0.3, -0.25) is 19.3 Å². The Balaban J connectivity index is 1.23. The number of hydrogen-bond donors (Lipinski definition) is 1. The Hall–Kier alpha value is -4.02. The Kier molecular flexibility index (Phi) is 7.52. The highest BCUT2D eigenvalue weighted by Crippen LogP contribution is 2.33. The van der Waals surface area contributed by atoms with E-state index in [4.69, 9.17) is 4.74 Å². The molecule has 2 saturated heterocycles. The van der Waals surface area contributed by atoms with Gasteiger partial charge in [0.05, 0.1) is 18.1 Å². The highest BCUT2D eigenvalue weighted by molar-refractivity contribution is 8.18. The molecule has 0 bridgehead atoms. The van der Waals surface area contributed by atoms with Gasteiger partial charge >= 0.3 is 0 Å². The summed E-state index contributed by atoms with van der Waals surface area (Å²) in [5, 5.41) is 2.31. The van der Waals surface area contributed by atoms with Crippen LogP contribution in [0.3, 0.4) is 0 Å². The van der Waals surface area contributed by atoms with Crippen LogP contribution in [0.25, 0.3) is 11.8 Å². The van der Waals surface area contributed by atoms with Gasteiger partial charge in [0.1, 0.15) is 6.54 Å². The summed E-state index contributed by atoms with van der Waals surface area (Å²) in [6, 6.07) is 19.3. The number of ether oxygens (including phenoxy) is 1. The average molecular weight is 532 g/mol. The van der Waals surface area contributed by atoms with Crippen LogP contribution >= 0.6 is 11.8 Å². The van der Waals surface area contributed by atoms with Crippen LogP contribution < -0.4 is 15.1 Å². The Morgan fingerprint density at radius 1 is 1.00 bits per heavy atom. The molecule has 5 rings (SSSR count). The summed E-state index contributed by atoms with van der Waals surface area (Å²) in [4.78, 5) is 43.8. The molecule has 0 radical (unpaired) electrons. The van der Waals surface area contributed by atoms with E-state index in [1.807, 2.05) is 90.4 Å². The SMILES string of the molecule is CN(C)c1ccc(-n2cccc2/C=C2\SC(=O)N(CC(=O)Nc3ccc(N4CCOCC4)cc3)C2=O)cc1. The maximum atomic E-state index is 13.0. The van der Waals surface area contributed by atoms with Gasteiger partial charge in [0.2, 0.25) is 5.91 Å². The van der Waals surface area contributed by atoms with Crippen molar-refractivity contribution in [3.63, 3.8) is 0 Å². The minimum absolute atomic E-state index is 0.280.